The number of nitrogen functional groups attached to an aromatic ring is 1. The van der Waals surface area contributed by atoms with Gasteiger partial charge in [-0.15, -0.1) is 0 Å². The van der Waals surface area contributed by atoms with Crippen LogP contribution >= 0.6 is 0 Å². The average molecular weight is 219 g/mol. The van der Waals surface area contributed by atoms with Gasteiger partial charge in [-0.25, -0.2) is 4.98 Å². The lowest BCUT2D eigenvalue weighted by atomic mass is 9.97. The van der Waals surface area contributed by atoms with Crippen molar-refractivity contribution in [3.05, 3.63) is 18.3 Å². The highest BCUT2D eigenvalue weighted by atomic mass is 15.0. The van der Waals surface area contributed by atoms with Gasteiger partial charge in [-0.2, -0.15) is 0 Å². The lowest BCUT2D eigenvalue weighted by Crippen LogP contribution is -2.21. The van der Waals surface area contributed by atoms with Gasteiger partial charge < -0.3 is 11.1 Å². The standard InChI is InChI=1S/C13H21N3/c14-11-8-9-13(15-10-11)16-12-6-4-2-1-3-5-7-12/h8-10,12H,1-7,14H2,(H,15,16). The number of pyridine rings is 1. The van der Waals surface area contributed by atoms with Crippen LogP contribution in [0.5, 0.6) is 0 Å². The molecule has 0 aromatic carbocycles. The number of hydrogen-bond donors (Lipinski definition) is 2. The Labute approximate surface area is 97.5 Å². The van der Waals surface area contributed by atoms with Gasteiger partial charge in [-0.05, 0) is 25.0 Å². The maximum Gasteiger partial charge on any atom is 0.126 e. The van der Waals surface area contributed by atoms with Gasteiger partial charge in [-0.3, -0.25) is 0 Å². The lowest BCUT2D eigenvalue weighted by molar-refractivity contribution is 0.471. The Kier molecular flexibility index (Phi) is 4.03. The largest absolute Gasteiger partial charge is 0.397 e. The third-order valence-electron chi connectivity index (χ3n) is 3.24. The summed E-state index contributed by atoms with van der Waals surface area (Å²) in [5.41, 5.74) is 6.34. The molecule has 1 aromatic heterocycles. The molecule has 0 bridgehead atoms. The van der Waals surface area contributed by atoms with Crippen molar-refractivity contribution in [3.63, 3.8) is 0 Å². The minimum Gasteiger partial charge on any atom is -0.397 e. The molecule has 1 heterocycles. The van der Waals surface area contributed by atoms with E-state index in [1.54, 1.807) is 6.20 Å². The topological polar surface area (TPSA) is 50.9 Å². The van der Waals surface area contributed by atoms with Crippen LogP contribution in [0.2, 0.25) is 0 Å². The molecule has 1 aliphatic rings. The van der Waals surface area contributed by atoms with Gasteiger partial charge >= 0.3 is 0 Å². The third kappa shape index (κ3) is 3.40. The molecule has 0 aliphatic heterocycles. The van der Waals surface area contributed by atoms with Crippen molar-refractivity contribution >= 4 is 11.5 Å². The van der Waals surface area contributed by atoms with Gasteiger partial charge in [0.1, 0.15) is 5.82 Å². The molecule has 2 rings (SSSR count). The Morgan fingerprint density at radius 2 is 1.75 bits per heavy atom. The molecule has 0 amide bonds. The average Bonchev–Trinajstić information content (AvgIpc) is 2.25. The van der Waals surface area contributed by atoms with Crippen LogP contribution < -0.4 is 11.1 Å². The van der Waals surface area contributed by atoms with Crippen LogP contribution in [0.1, 0.15) is 44.9 Å². The molecule has 1 fully saturated rings. The Balaban J connectivity index is 1.89. The van der Waals surface area contributed by atoms with Gasteiger partial charge in [0, 0.05) is 6.04 Å². The van der Waals surface area contributed by atoms with Crippen LogP contribution in [0, 0.1) is 0 Å². The molecule has 1 saturated carbocycles. The highest BCUT2D eigenvalue weighted by molar-refractivity contribution is 5.44. The van der Waals surface area contributed by atoms with Gasteiger partial charge in [-0.1, -0.05) is 32.1 Å². The summed E-state index contributed by atoms with van der Waals surface area (Å²) in [4.78, 5) is 4.29. The quantitative estimate of drug-likeness (QED) is 0.803. The fourth-order valence-electron chi connectivity index (χ4n) is 2.30. The number of nitrogens with zero attached hydrogens (tertiary/aromatic N) is 1. The van der Waals surface area contributed by atoms with E-state index >= 15 is 0 Å². The third-order valence-corrected chi connectivity index (χ3v) is 3.24. The van der Waals surface area contributed by atoms with Gasteiger partial charge in [0.2, 0.25) is 0 Å². The molecule has 3 N–H and O–H groups in total. The zero-order valence-corrected chi connectivity index (χ0v) is 9.78. The first-order valence-corrected chi connectivity index (χ1v) is 6.33. The van der Waals surface area contributed by atoms with Crippen LogP contribution in [-0.2, 0) is 0 Å². The lowest BCUT2D eigenvalue weighted by Gasteiger charge is -2.21. The number of hydrogen-bond acceptors (Lipinski definition) is 3. The zero-order valence-electron chi connectivity index (χ0n) is 9.78. The summed E-state index contributed by atoms with van der Waals surface area (Å²) in [5.74, 6) is 0.958. The summed E-state index contributed by atoms with van der Waals surface area (Å²) in [6.45, 7) is 0. The molecule has 0 saturated heterocycles. The van der Waals surface area contributed by atoms with E-state index in [0.29, 0.717) is 6.04 Å². The summed E-state index contributed by atoms with van der Waals surface area (Å²) < 4.78 is 0. The molecule has 1 aliphatic carbocycles. The number of anilines is 2. The normalized spacial score (nSPS) is 18.8. The minimum absolute atomic E-state index is 0.594. The predicted octanol–water partition coefficient (Wildman–Crippen LogP) is 3.19. The molecule has 0 unspecified atom stereocenters. The molecule has 3 heteroatoms. The van der Waals surface area contributed by atoms with Gasteiger partial charge in [0.15, 0.2) is 0 Å². The fraction of sp³-hybridized carbons (Fsp3) is 0.615. The van der Waals surface area contributed by atoms with Gasteiger partial charge in [0.05, 0.1) is 11.9 Å². The van der Waals surface area contributed by atoms with Crippen LogP contribution in [0.15, 0.2) is 18.3 Å². The van der Waals surface area contributed by atoms with E-state index in [-0.39, 0.29) is 0 Å². The Morgan fingerprint density at radius 3 is 2.38 bits per heavy atom. The molecular formula is C13H21N3. The maximum atomic E-state index is 5.62. The molecule has 1 aromatic rings. The number of rotatable bonds is 2. The van der Waals surface area contributed by atoms with E-state index in [1.807, 2.05) is 12.1 Å². The summed E-state index contributed by atoms with van der Waals surface area (Å²) in [5, 5.41) is 3.51. The van der Waals surface area contributed by atoms with Crippen LogP contribution in [-0.4, -0.2) is 11.0 Å². The monoisotopic (exact) mass is 219 g/mol. The van der Waals surface area contributed by atoms with E-state index < -0.39 is 0 Å². The van der Waals surface area contributed by atoms with Crippen molar-refractivity contribution in [2.24, 2.45) is 0 Å². The Morgan fingerprint density at radius 1 is 1.06 bits per heavy atom. The second-order valence-electron chi connectivity index (χ2n) is 4.66. The first-order chi connectivity index (χ1) is 7.84. The molecule has 0 atom stereocenters. The molecule has 3 nitrogen and oxygen atoms in total. The van der Waals surface area contributed by atoms with Crippen molar-refractivity contribution in [1.29, 1.82) is 0 Å². The van der Waals surface area contributed by atoms with Crippen molar-refractivity contribution < 1.29 is 0 Å². The highest BCUT2D eigenvalue weighted by Gasteiger charge is 2.11. The van der Waals surface area contributed by atoms with Crippen molar-refractivity contribution in [2.45, 2.75) is 51.0 Å². The molecule has 0 spiro atoms. The number of nitrogens with one attached hydrogen (secondary N) is 1. The second kappa shape index (κ2) is 5.73. The molecule has 16 heavy (non-hydrogen) atoms. The van der Waals surface area contributed by atoms with E-state index in [9.17, 15) is 0 Å². The zero-order chi connectivity index (χ0) is 11.2. The summed E-state index contributed by atoms with van der Waals surface area (Å²) in [6.07, 6.45) is 11.1. The summed E-state index contributed by atoms with van der Waals surface area (Å²) >= 11 is 0. The van der Waals surface area contributed by atoms with Crippen LogP contribution in [0.25, 0.3) is 0 Å². The van der Waals surface area contributed by atoms with Gasteiger partial charge in [0.25, 0.3) is 0 Å². The van der Waals surface area contributed by atoms with E-state index in [2.05, 4.69) is 10.3 Å². The van der Waals surface area contributed by atoms with Crippen molar-refractivity contribution in [3.8, 4) is 0 Å². The van der Waals surface area contributed by atoms with Crippen molar-refractivity contribution in [2.75, 3.05) is 11.1 Å². The highest BCUT2D eigenvalue weighted by Crippen LogP contribution is 2.20. The number of nitrogens with two attached hydrogens (primary N) is 1. The second-order valence-corrected chi connectivity index (χ2v) is 4.66. The first kappa shape index (κ1) is 11.2. The maximum absolute atomic E-state index is 5.62. The molecular weight excluding hydrogens is 198 g/mol. The number of aromatic nitrogens is 1. The van der Waals surface area contributed by atoms with Crippen LogP contribution in [0.3, 0.4) is 0 Å². The fourth-order valence-corrected chi connectivity index (χ4v) is 2.30. The molecule has 88 valence electrons. The van der Waals surface area contributed by atoms with Crippen molar-refractivity contribution in [1.82, 2.24) is 4.98 Å². The summed E-state index contributed by atoms with van der Waals surface area (Å²) in [6, 6.07) is 4.46. The molecule has 0 radical (unpaired) electrons. The minimum atomic E-state index is 0.594. The Bertz CT molecular complexity index is 299. The van der Waals surface area contributed by atoms with E-state index in [0.717, 1.165) is 11.5 Å². The first-order valence-electron chi connectivity index (χ1n) is 6.33. The predicted molar refractivity (Wildman–Crippen MR) is 68.4 cm³/mol. The van der Waals surface area contributed by atoms with E-state index in [4.69, 9.17) is 5.73 Å². The Hall–Kier alpha value is -1.25. The smallest absolute Gasteiger partial charge is 0.126 e. The van der Waals surface area contributed by atoms with E-state index in [1.165, 1.54) is 44.9 Å². The van der Waals surface area contributed by atoms with Crippen LogP contribution in [0.4, 0.5) is 11.5 Å². The SMILES string of the molecule is Nc1ccc(NC2CCCCCCC2)nc1. The summed E-state index contributed by atoms with van der Waals surface area (Å²) in [7, 11) is 0.